The Bertz CT molecular complexity index is 963. The number of ether oxygens (including phenoxy) is 1. The molecular weight excluding hydrogens is 396 g/mol. The Balaban J connectivity index is 1.24. The van der Waals surface area contributed by atoms with Crippen molar-refractivity contribution in [3.8, 4) is 5.75 Å². The summed E-state index contributed by atoms with van der Waals surface area (Å²) in [5.41, 5.74) is 4.72. The number of fused-ring (bicyclic) bond motifs is 1. The number of likely N-dealkylation sites (tertiary alicyclic amines) is 1. The van der Waals surface area contributed by atoms with E-state index in [-0.39, 0.29) is 11.0 Å². The summed E-state index contributed by atoms with van der Waals surface area (Å²) in [5, 5.41) is 5.17. The Kier molecular flexibility index (Phi) is 5.03. The van der Waals surface area contributed by atoms with Gasteiger partial charge in [-0.05, 0) is 29.0 Å². The average Bonchev–Trinajstić information content (AvgIpc) is 3.15. The van der Waals surface area contributed by atoms with Crippen LogP contribution in [0.2, 0.25) is 5.02 Å². The number of nitrogens with zero attached hydrogens (tertiary/aromatic N) is 2. The molecule has 1 fully saturated rings. The van der Waals surface area contributed by atoms with Gasteiger partial charge in [0.05, 0.1) is 17.3 Å². The summed E-state index contributed by atoms with van der Waals surface area (Å²) in [6.07, 6.45) is 3.92. The molecule has 1 spiro atoms. The van der Waals surface area contributed by atoms with Gasteiger partial charge in [0.2, 0.25) is 0 Å². The quantitative estimate of drug-likeness (QED) is 0.646. The first-order valence-corrected chi connectivity index (χ1v) is 11.3. The van der Waals surface area contributed by atoms with Gasteiger partial charge in [-0.15, -0.1) is 0 Å². The monoisotopic (exact) mass is 424 g/mol. The predicted octanol–water partition coefficient (Wildman–Crippen LogP) is 5.56. The molecule has 0 atom stereocenters. The molecular formula is C25H29ClN2O2. The Labute approximate surface area is 183 Å². The minimum atomic E-state index is -0.134. The molecule has 5 heteroatoms. The summed E-state index contributed by atoms with van der Waals surface area (Å²) in [5.74, 6) is 0.874. The number of halogens is 1. The maximum Gasteiger partial charge on any atom is 0.145 e. The van der Waals surface area contributed by atoms with Crippen LogP contribution in [-0.2, 0) is 16.8 Å². The van der Waals surface area contributed by atoms with Crippen molar-refractivity contribution in [2.24, 2.45) is 5.16 Å². The van der Waals surface area contributed by atoms with Gasteiger partial charge in [-0.1, -0.05) is 67.0 Å². The van der Waals surface area contributed by atoms with E-state index < -0.39 is 0 Å². The third kappa shape index (κ3) is 3.72. The molecule has 0 amide bonds. The van der Waals surface area contributed by atoms with Crippen LogP contribution in [0.15, 0.2) is 47.6 Å². The van der Waals surface area contributed by atoms with Crippen molar-refractivity contribution in [3.63, 3.8) is 0 Å². The number of hydrogen-bond donors (Lipinski definition) is 0. The molecule has 3 aliphatic heterocycles. The highest BCUT2D eigenvalue weighted by molar-refractivity contribution is 6.32. The Hall–Kier alpha value is -2.04. The molecule has 0 unspecified atom stereocenters. The van der Waals surface area contributed by atoms with Gasteiger partial charge in [0.1, 0.15) is 11.4 Å². The molecule has 0 N–H and O–H groups in total. The van der Waals surface area contributed by atoms with E-state index in [0.717, 1.165) is 68.4 Å². The van der Waals surface area contributed by atoms with E-state index in [1.54, 1.807) is 0 Å². The van der Waals surface area contributed by atoms with Crippen molar-refractivity contribution < 1.29 is 9.57 Å². The van der Waals surface area contributed by atoms with E-state index in [9.17, 15) is 0 Å². The van der Waals surface area contributed by atoms with Gasteiger partial charge >= 0.3 is 0 Å². The SMILES string of the molecule is CC1(C)CCOc2c(Cl)cc(CN3CCC4(CC3)CC(c3ccccc3)=NO4)cc21. The van der Waals surface area contributed by atoms with Crippen LogP contribution in [0.3, 0.4) is 0 Å². The molecule has 3 heterocycles. The van der Waals surface area contributed by atoms with Crippen LogP contribution in [0, 0.1) is 0 Å². The van der Waals surface area contributed by atoms with Crippen LogP contribution in [-0.4, -0.2) is 35.9 Å². The Morgan fingerprint density at radius 2 is 1.83 bits per heavy atom. The number of piperidine rings is 1. The van der Waals surface area contributed by atoms with Crippen LogP contribution in [0.5, 0.6) is 5.75 Å². The second kappa shape index (κ2) is 7.58. The zero-order chi connectivity index (χ0) is 20.8. The minimum absolute atomic E-state index is 0.0993. The van der Waals surface area contributed by atoms with E-state index in [1.165, 1.54) is 16.7 Å². The highest BCUT2D eigenvalue weighted by Crippen LogP contribution is 2.43. The van der Waals surface area contributed by atoms with Crippen LogP contribution < -0.4 is 4.74 Å². The molecule has 2 aromatic rings. The first-order chi connectivity index (χ1) is 14.4. The third-order valence-electron chi connectivity index (χ3n) is 6.93. The molecule has 3 aliphatic rings. The summed E-state index contributed by atoms with van der Waals surface area (Å²) >= 11 is 6.59. The molecule has 0 aromatic heterocycles. The highest BCUT2D eigenvalue weighted by atomic mass is 35.5. The minimum Gasteiger partial charge on any atom is -0.492 e. The van der Waals surface area contributed by atoms with Gasteiger partial charge in [-0.3, -0.25) is 4.90 Å². The Morgan fingerprint density at radius 3 is 2.60 bits per heavy atom. The molecule has 0 radical (unpaired) electrons. The lowest BCUT2D eigenvalue weighted by Gasteiger charge is -2.38. The fourth-order valence-corrected chi connectivity index (χ4v) is 5.18. The lowest BCUT2D eigenvalue weighted by atomic mass is 9.79. The molecule has 5 rings (SSSR count). The van der Waals surface area contributed by atoms with Crippen molar-refractivity contribution in [2.45, 2.75) is 57.1 Å². The lowest BCUT2D eigenvalue weighted by molar-refractivity contribution is -0.0627. The topological polar surface area (TPSA) is 34.1 Å². The average molecular weight is 425 g/mol. The van der Waals surface area contributed by atoms with Gasteiger partial charge in [0.25, 0.3) is 0 Å². The first kappa shape index (κ1) is 19.9. The van der Waals surface area contributed by atoms with E-state index in [2.05, 4.69) is 60.3 Å². The summed E-state index contributed by atoms with van der Waals surface area (Å²) in [6, 6.07) is 14.8. The molecule has 4 nitrogen and oxygen atoms in total. The summed E-state index contributed by atoms with van der Waals surface area (Å²) in [6.45, 7) is 8.21. The van der Waals surface area contributed by atoms with Crippen LogP contribution in [0.25, 0.3) is 0 Å². The largest absolute Gasteiger partial charge is 0.492 e. The van der Waals surface area contributed by atoms with Crippen molar-refractivity contribution in [3.05, 3.63) is 64.2 Å². The standard InChI is InChI=1S/C25H29ClN2O2/c1-24(2)10-13-29-23-20(24)14-18(15-21(23)26)17-28-11-8-25(9-12-28)16-22(27-30-25)19-6-4-3-5-7-19/h3-7,14-15H,8-13,16-17H2,1-2H3. The van der Waals surface area contributed by atoms with E-state index >= 15 is 0 Å². The smallest absolute Gasteiger partial charge is 0.145 e. The fourth-order valence-electron chi connectivity index (χ4n) is 4.89. The molecule has 30 heavy (non-hydrogen) atoms. The highest BCUT2D eigenvalue weighted by Gasteiger charge is 2.42. The van der Waals surface area contributed by atoms with Crippen molar-refractivity contribution in [2.75, 3.05) is 19.7 Å². The molecule has 0 aliphatic carbocycles. The van der Waals surface area contributed by atoms with Crippen molar-refractivity contribution in [1.82, 2.24) is 4.90 Å². The summed E-state index contributed by atoms with van der Waals surface area (Å²) < 4.78 is 5.87. The molecule has 2 aromatic carbocycles. The zero-order valence-corrected chi connectivity index (χ0v) is 18.5. The second-order valence-corrected chi connectivity index (χ2v) is 9.98. The van der Waals surface area contributed by atoms with E-state index in [0.29, 0.717) is 0 Å². The number of oxime groups is 1. The maximum absolute atomic E-state index is 6.59. The van der Waals surface area contributed by atoms with Crippen molar-refractivity contribution in [1.29, 1.82) is 0 Å². The van der Waals surface area contributed by atoms with Gasteiger partial charge < -0.3 is 9.57 Å². The predicted molar refractivity (Wildman–Crippen MR) is 121 cm³/mol. The number of hydrogen-bond acceptors (Lipinski definition) is 4. The molecule has 0 bridgehead atoms. The third-order valence-corrected chi connectivity index (χ3v) is 7.21. The number of rotatable bonds is 3. The summed E-state index contributed by atoms with van der Waals surface area (Å²) in [4.78, 5) is 8.50. The van der Waals surface area contributed by atoms with Gasteiger partial charge in [0, 0.05) is 44.5 Å². The fraction of sp³-hybridized carbons (Fsp3) is 0.480. The van der Waals surface area contributed by atoms with Crippen LogP contribution in [0.1, 0.15) is 56.2 Å². The summed E-state index contributed by atoms with van der Waals surface area (Å²) in [7, 11) is 0. The zero-order valence-electron chi connectivity index (χ0n) is 17.8. The van der Waals surface area contributed by atoms with Gasteiger partial charge in [-0.25, -0.2) is 0 Å². The molecule has 158 valence electrons. The lowest BCUT2D eigenvalue weighted by Crippen LogP contribution is -2.44. The van der Waals surface area contributed by atoms with Crippen LogP contribution in [0.4, 0.5) is 0 Å². The first-order valence-electron chi connectivity index (χ1n) is 10.9. The van der Waals surface area contributed by atoms with Gasteiger partial charge in [0.15, 0.2) is 0 Å². The second-order valence-electron chi connectivity index (χ2n) is 9.57. The maximum atomic E-state index is 6.59. The van der Waals surface area contributed by atoms with Gasteiger partial charge in [-0.2, -0.15) is 0 Å². The number of benzene rings is 2. The molecule has 0 saturated carbocycles. The van der Waals surface area contributed by atoms with Crippen LogP contribution >= 0.6 is 11.6 Å². The molecule has 1 saturated heterocycles. The normalized spacial score (nSPS) is 22.2. The van der Waals surface area contributed by atoms with E-state index in [4.69, 9.17) is 21.2 Å². The Morgan fingerprint density at radius 1 is 1.07 bits per heavy atom. The van der Waals surface area contributed by atoms with E-state index in [1.807, 2.05) is 6.07 Å². The van der Waals surface area contributed by atoms with Crippen molar-refractivity contribution >= 4 is 17.3 Å².